The lowest BCUT2D eigenvalue weighted by atomic mass is 10.1. The molecule has 0 aliphatic carbocycles. The van der Waals surface area contributed by atoms with Gasteiger partial charge in [-0.05, 0) is 24.3 Å². The lowest BCUT2D eigenvalue weighted by Gasteiger charge is -2.22. The Labute approximate surface area is 136 Å². The maximum atomic E-state index is 12.3. The van der Waals surface area contributed by atoms with Crippen LogP contribution in [-0.4, -0.2) is 29.1 Å². The van der Waals surface area contributed by atoms with Crippen molar-refractivity contribution in [1.82, 2.24) is 4.72 Å². The number of benzene rings is 2. The number of nitrogens with one attached hydrogen (secondary N) is 2. The number of hydrogen-bond acceptors (Lipinski definition) is 2. The Morgan fingerprint density at radius 1 is 1.05 bits per heavy atom. The summed E-state index contributed by atoms with van der Waals surface area (Å²) in [6.45, 7) is 0.331. The van der Waals surface area contributed by atoms with E-state index >= 15 is 0 Å². The Bertz CT molecular complexity index is 701. The lowest BCUT2D eigenvalue weighted by molar-refractivity contribution is -0.890. The first-order chi connectivity index (χ1) is 10.4. The Balaban J connectivity index is 2.14. The van der Waals surface area contributed by atoms with E-state index in [9.17, 15) is 8.42 Å². The van der Waals surface area contributed by atoms with Gasteiger partial charge in [-0.2, -0.15) is 0 Å². The van der Waals surface area contributed by atoms with Crippen LogP contribution >= 0.6 is 11.6 Å². The Kier molecular flexibility index (Phi) is 5.58. The van der Waals surface area contributed by atoms with Gasteiger partial charge in [-0.25, -0.2) is 13.1 Å². The van der Waals surface area contributed by atoms with Crippen LogP contribution in [0.25, 0.3) is 0 Å². The predicted molar refractivity (Wildman–Crippen MR) is 88.6 cm³/mol. The number of rotatable bonds is 6. The van der Waals surface area contributed by atoms with Gasteiger partial charge < -0.3 is 4.90 Å². The average Bonchev–Trinajstić information content (AvgIpc) is 2.48. The molecule has 4 nitrogen and oxygen atoms in total. The molecule has 0 saturated carbocycles. The number of halogens is 1. The molecule has 2 aromatic rings. The molecule has 0 bridgehead atoms. The first-order valence-corrected chi connectivity index (χ1v) is 8.86. The molecule has 2 N–H and O–H groups in total. The highest BCUT2D eigenvalue weighted by Crippen LogP contribution is 2.15. The Morgan fingerprint density at radius 3 is 2.18 bits per heavy atom. The minimum absolute atomic E-state index is 0.0447. The smallest absolute Gasteiger partial charge is 0.240 e. The van der Waals surface area contributed by atoms with E-state index in [-0.39, 0.29) is 10.9 Å². The molecule has 0 saturated heterocycles. The van der Waals surface area contributed by atoms with E-state index in [0.717, 1.165) is 10.5 Å². The highest BCUT2D eigenvalue weighted by Gasteiger charge is 2.21. The molecule has 6 heteroatoms. The van der Waals surface area contributed by atoms with Gasteiger partial charge in [0.15, 0.2) is 0 Å². The van der Waals surface area contributed by atoms with Gasteiger partial charge in [-0.15, -0.1) is 0 Å². The van der Waals surface area contributed by atoms with Gasteiger partial charge in [-0.1, -0.05) is 41.9 Å². The highest BCUT2D eigenvalue weighted by atomic mass is 35.5. The van der Waals surface area contributed by atoms with Crippen LogP contribution in [0.3, 0.4) is 0 Å². The van der Waals surface area contributed by atoms with Crippen molar-refractivity contribution in [2.45, 2.75) is 10.9 Å². The second-order valence-electron chi connectivity index (χ2n) is 5.35. The van der Waals surface area contributed by atoms with E-state index in [4.69, 9.17) is 11.6 Å². The minimum Gasteiger partial charge on any atom is -0.333 e. The zero-order chi connectivity index (χ0) is 16.2. The van der Waals surface area contributed by atoms with Gasteiger partial charge in [0.1, 0.15) is 6.04 Å². The molecule has 0 aliphatic rings. The summed E-state index contributed by atoms with van der Waals surface area (Å²) in [6.07, 6.45) is 0. The molecule has 0 aromatic heterocycles. The van der Waals surface area contributed by atoms with E-state index in [0.29, 0.717) is 11.6 Å². The number of likely N-dealkylation sites (N-methyl/N-ethyl adjacent to an activating group) is 1. The number of hydrogen-bond donors (Lipinski definition) is 2. The van der Waals surface area contributed by atoms with Crippen molar-refractivity contribution in [3.63, 3.8) is 0 Å². The largest absolute Gasteiger partial charge is 0.333 e. The molecule has 0 heterocycles. The standard InChI is InChI=1S/C16H19ClN2O2S/c1-19(2)16(13-6-4-3-5-7-13)12-18-22(20,21)15-10-8-14(17)9-11-15/h3-11,16,18H,12H2,1-2H3/p+1/t16-/m0/s1. The molecule has 118 valence electrons. The summed E-state index contributed by atoms with van der Waals surface area (Å²) >= 11 is 5.79. The summed E-state index contributed by atoms with van der Waals surface area (Å²) in [5.74, 6) is 0. The van der Waals surface area contributed by atoms with Crippen molar-refractivity contribution in [2.75, 3.05) is 20.6 Å². The lowest BCUT2D eigenvalue weighted by Crippen LogP contribution is -3.07. The fourth-order valence-corrected chi connectivity index (χ4v) is 3.40. The zero-order valence-corrected chi connectivity index (χ0v) is 14.2. The van der Waals surface area contributed by atoms with Crippen LogP contribution in [0.5, 0.6) is 0 Å². The van der Waals surface area contributed by atoms with E-state index in [1.54, 1.807) is 12.1 Å². The summed E-state index contributed by atoms with van der Waals surface area (Å²) in [5.41, 5.74) is 1.10. The van der Waals surface area contributed by atoms with E-state index in [1.807, 2.05) is 44.4 Å². The topological polar surface area (TPSA) is 50.6 Å². The molecule has 0 unspecified atom stereocenters. The Hall–Kier alpha value is -1.40. The summed E-state index contributed by atoms with van der Waals surface area (Å²) < 4.78 is 27.4. The molecule has 0 aliphatic heterocycles. The second kappa shape index (κ2) is 7.24. The monoisotopic (exact) mass is 339 g/mol. The van der Waals surface area contributed by atoms with Crippen LogP contribution < -0.4 is 9.62 Å². The third kappa shape index (κ3) is 4.30. The normalized spacial score (nSPS) is 13.3. The third-order valence-electron chi connectivity index (χ3n) is 3.50. The van der Waals surface area contributed by atoms with Crippen LogP contribution in [0.4, 0.5) is 0 Å². The van der Waals surface area contributed by atoms with E-state index in [1.165, 1.54) is 12.1 Å². The summed E-state index contributed by atoms with van der Waals surface area (Å²) in [7, 11) is 0.481. The van der Waals surface area contributed by atoms with Crippen LogP contribution in [0.15, 0.2) is 59.5 Å². The first-order valence-electron chi connectivity index (χ1n) is 7.00. The van der Waals surface area contributed by atoms with Crippen LogP contribution in [-0.2, 0) is 10.0 Å². The molecule has 22 heavy (non-hydrogen) atoms. The maximum Gasteiger partial charge on any atom is 0.240 e. The van der Waals surface area contributed by atoms with Crippen LogP contribution in [0, 0.1) is 0 Å². The van der Waals surface area contributed by atoms with Crippen LogP contribution in [0.1, 0.15) is 11.6 Å². The summed E-state index contributed by atoms with van der Waals surface area (Å²) in [6, 6.07) is 16.1. The number of quaternary nitrogens is 1. The SMILES string of the molecule is C[NH+](C)[C@@H](CNS(=O)(=O)c1ccc(Cl)cc1)c1ccccc1. The van der Waals surface area contributed by atoms with Gasteiger partial charge in [0.25, 0.3) is 0 Å². The molecule has 1 atom stereocenters. The van der Waals surface area contributed by atoms with Crippen LogP contribution in [0.2, 0.25) is 5.02 Å². The van der Waals surface area contributed by atoms with Gasteiger partial charge in [-0.3, -0.25) is 0 Å². The zero-order valence-electron chi connectivity index (χ0n) is 12.6. The van der Waals surface area contributed by atoms with E-state index < -0.39 is 10.0 Å². The van der Waals surface area contributed by atoms with Gasteiger partial charge in [0.2, 0.25) is 10.0 Å². The fraction of sp³-hybridized carbons (Fsp3) is 0.250. The molecule has 2 rings (SSSR count). The first kappa shape index (κ1) is 17.0. The highest BCUT2D eigenvalue weighted by molar-refractivity contribution is 7.89. The average molecular weight is 340 g/mol. The fourth-order valence-electron chi connectivity index (χ4n) is 2.23. The molecule has 0 fully saturated rings. The molecular weight excluding hydrogens is 320 g/mol. The van der Waals surface area contributed by atoms with Gasteiger partial charge in [0, 0.05) is 10.6 Å². The number of sulfonamides is 1. The van der Waals surface area contributed by atoms with Crippen molar-refractivity contribution in [1.29, 1.82) is 0 Å². The van der Waals surface area contributed by atoms with Crippen molar-refractivity contribution in [2.24, 2.45) is 0 Å². The predicted octanol–water partition coefficient (Wildman–Crippen LogP) is 1.50. The summed E-state index contributed by atoms with van der Waals surface area (Å²) in [4.78, 5) is 1.38. The summed E-state index contributed by atoms with van der Waals surface area (Å²) in [5, 5.41) is 0.513. The van der Waals surface area contributed by atoms with Crippen molar-refractivity contribution in [3.8, 4) is 0 Å². The van der Waals surface area contributed by atoms with Crippen molar-refractivity contribution < 1.29 is 13.3 Å². The maximum absolute atomic E-state index is 12.3. The van der Waals surface area contributed by atoms with E-state index in [2.05, 4.69) is 4.72 Å². The molecule has 0 spiro atoms. The van der Waals surface area contributed by atoms with Gasteiger partial charge >= 0.3 is 0 Å². The van der Waals surface area contributed by atoms with Crippen molar-refractivity contribution >= 4 is 21.6 Å². The second-order valence-corrected chi connectivity index (χ2v) is 7.55. The molecule has 0 amide bonds. The third-order valence-corrected chi connectivity index (χ3v) is 5.19. The molecular formula is C16H20ClN2O2S+. The molecule has 2 aromatic carbocycles. The van der Waals surface area contributed by atoms with Gasteiger partial charge in [0.05, 0.1) is 25.5 Å². The van der Waals surface area contributed by atoms with Crippen molar-refractivity contribution in [3.05, 3.63) is 65.2 Å². The Morgan fingerprint density at radius 2 is 1.64 bits per heavy atom. The molecule has 0 radical (unpaired) electrons. The minimum atomic E-state index is -3.54. The quantitative estimate of drug-likeness (QED) is 0.838.